The summed E-state index contributed by atoms with van der Waals surface area (Å²) < 4.78 is 13.1. The minimum absolute atomic E-state index is 0.148. The van der Waals surface area contributed by atoms with Gasteiger partial charge in [0.2, 0.25) is 0 Å². The molecule has 0 aliphatic heterocycles. The lowest BCUT2D eigenvalue weighted by Crippen LogP contribution is -2.03. The Morgan fingerprint density at radius 1 is 1.56 bits per heavy atom. The maximum Gasteiger partial charge on any atom is 0.292 e. The number of halogens is 1. The minimum atomic E-state index is -0.547. The van der Waals surface area contributed by atoms with Crippen LogP contribution in [0.15, 0.2) is 23.6 Å². The molecule has 0 aliphatic carbocycles. The summed E-state index contributed by atoms with van der Waals surface area (Å²) in [5.41, 5.74) is 0.906. The molecule has 94 valence electrons. The Kier molecular flexibility index (Phi) is 3.52. The number of nitro groups is 1. The Hall–Kier alpha value is -2.02. The molecule has 0 aliphatic rings. The molecule has 2 rings (SSSR count). The van der Waals surface area contributed by atoms with Crippen LogP contribution in [0.1, 0.15) is 10.7 Å². The standard InChI is InChI=1S/C11H10FN3O2S/c1-7-6-18-11(14-7)5-13-9-4-8(12)2-3-10(9)15(16)17/h2-4,6,13H,5H2,1H3. The number of aromatic nitrogens is 1. The number of anilines is 1. The lowest BCUT2D eigenvalue weighted by atomic mass is 10.2. The molecule has 1 N–H and O–H groups in total. The Bertz CT molecular complexity index is 585. The van der Waals surface area contributed by atoms with E-state index in [4.69, 9.17) is 0 Å². The van der Waals surface area contributed by atoms with Gasteiger partial charge in [-0.15, -0.1) is 11.3 Å². The van der Waals surface area contributed by atoms with Gasteiger partial charge in [0.1, 0.15) is 16.5 Å². The molecule has 0 fully saturated rings. The van der Waals surface area contributed by atoms with Crippen molar-refractivity contribution >= 4 is 22.7 Å². The molecular weight excluding hydrogens is 257 g/mol. The van der Waals surface area contributed by atoms with Gasteiger partial charge in [-0.2, -0.15) is 0 Å². The first kappa shape index (κ1) is 12.4. The largest absolute Gasteiger partial charge is 0.373 e. The maximum absolute atomic E-state index is 13.1. The van der Waals surface area contributed by atoms with Gasteiger partial charge in [-0.1, -0.05) is 0 Å². The molecule has 0 bridgehead atoms. The molecule has 0 saturated carbocycles. The molecule has 0 radical (unpaired) electrons. The molecule has 1 aromatic carbocycles. The van der Waals surface area contributed by atoms with Gasteiger partial charge in [0.25, 0.3) is 5.69 Å². The number of benzene rings is 1. The van der Waals surface area contributed by atoms with E-state index in [1.54, 1.807) is 0 Å². The summed E-state index contributed by atoms with van der Waals surface area (Å²) in [5, 5.41) is 16.3. The summed E-state index contributed by atoms with van der Waals surface area (Å²) in [5.74, 6) is -0.515. The molecule has 0 atom stereocenters. The van der Waals surface area contributed by atoms with Crippen molar-refractivity contribution in [1.82, 2.24) is 4.98 Å². The fourth-order valence-electron chi connectivity index (χ4n) is 1.46. The van der Waals surface area contributed by atoms with Gasteiger partial charge < -0.3 is 5.32 Å². The number of hydrogen-bond donors (Lipinski definition) is 1. The summed E-state index contributed by atoms with van der Waals surface area (Å²) in [6.07, 6.45) is 0. The van der Waals surface area contributed by atoms with E-state index in [-0.39, 0.29) is 11.4 Å². The molecule has 0 spiro atoms. The minimum Gasteiger partial charge on any atom is -0.373 e. The zero-order valence-electron chi connectivity index (χ0n) is 9.51. The van der Waals surface area contributed by atoms with Gasteiger partial charge >= 0.3 is 0 Å². The summed E-state index contributed by atoms with van der Waals surface area (Å²) in [6.45, 7) is 2.20. The van der Waals surface area contributed by atoms with Crippen LogP contribution in [-0.2, 0) is 6.54 Å². The SMILES string of the molecule is Cc1csc(CNc2cc(F)ccc2[N+](=O)[O-])n1. The predicted octanol–water partition coefficient (Wildman–Crippen LogP) is 3.11. The molecular formula is C11H10FN3O2S. The van der Waals surface area contributed by atoms with Crippen LogP contribution < -0.4 is 5.32 Å². The van der Waals surface area contributed by atoms with Crippen LogP contribution in [-0.4, -0.2) is 9.91 Å². The summed E-state index contributed by atoms with van der Waals surface area (Å²) in [6, 6.07) is 3.32. The van der Waals surface area contributed by atoms with Gasteiger partial charge in [0.05, 0.1) is 11.5 Å². The topological polar surface area (TPSA) is 68.1 Å². The highest BCUT2D eigenvalue weighted by molar-refractivity contribution is 7.09. The maximum atomic E-state index is 13.1. The predicted molar refractivity (Wildman–Crippen MR) is 67.2 cm³/mol. The third kappa shape index (κ3) is 2.80. The van der Waals surface area contributed by atoms with Crippen molar-refractivity contribution in [2.24, 2.45) is 0 Å². The van der Waals surface area contributed by atoms with Crippen LogP contribution in [0.5, 0.6) is 0 Å². The van der Waals surface area contributed by atoms with Crippen LogP contribution in [0.3, 0.4) is 0 Å². The average molecular weight is 267 g/mol. The van der Waals surface area contributed by atoms with Gasteiger partial charge in [0.15, 0.2) is 0 Å². The highest BCUT2D eigenvalue weighted by Crippen LogP contribution is 2.25. The zero-order chi connectivity index (χ0) is 13.1. The molecule has 5 nitrogen and oxygen atoms in total. The monoisotopic (exact) mass is 267 g/mol. The van der Waals surface area contributed by atoms with E-state index in [2.05, 4.69) is 10.3 Å². The molecule has 0 unspecified atom stereocenters. The quantitative estimate of drug-likeness (QED) is 0.682. The Morgan fingerprint density at radius 2 is 2.33 bits per heavy atom. The number of thiazole rings is 1. The third-order valence-electron chi connectivity index (χ3n) is 2.25. The van der Waals surface area contributed by atoms with Crippen molar-refractivity contribution in [3.05, 3.63) is 50.2 Å². The lowest BCUT2D eigenvalue weighted by molar-refractivity contribution is -0.384. The van der Waals surface area contributed by atoms with E-state index >= 15 is 0 Å². The van der Waals surface area contributed by atoms with Crippen molar-refractivity contribution in [3.63, 3.8) is 0 Å². The Labute approximate surface area is 106 Å². The fourth-order valence-corrected chi connectivity index (χ4v) is 2.18. The number of aryl methyl sites for hydroxylation is 1. The highest BCUT2D eigenvalue weighted by Gasteiger charge is 2.14. The molecule has 18 heavy (non-hydrogen) atoms. The van der Waals surface area contributed by atoms with Gasteiger partial charge in [-0.05, 0) is 13.0 Å². The Morgan fingerprint density at radius 3 is 2.94 bits per heavy atom. The number of nitrogens with zero attached hydrogens (tertiary/aromatic N) is 2. The van der Waals surface area contributed by atoms with E-state index in [9.17, 15) is 14.5 Å². The number of nitrogens with one attached hydrogen (secondary N) is 1. The van der Waals surface area contributed by atoms with Gasteiger partial charge in [-0.25, -0.2) is 9.37 Å². The zero-order valence-corrected chi connectivity index (χ0v) is 10.3. The first-order valence-electron chi connectivity index (χ1n) is 5.15. The molecule has 2 aromatic rings. The van der Waals surface area contributed by atoms with Crippen LogP contribution in [0.2, 0.25) is 0 Å². The second-order valence-corrected chi connectivity index (χ2v) is 4.60. The second-order valence-electron chi connectivity index (χ2n) is 3.65. The van der Waals surface area contributed by atoms with Gasteiger partial charge in [0, 0.05) is 23.2 Å². The summed E-state index contributed by atoms with van der Waals surface area (Å²) in [4.78, 5) is 14.4. The fraction of sp³-hybridized carbons (Fsp3) is 0.182. The van der Waals surface area contributed by atoms with E-state index < -0.39 is 10.7 Å². The van der Waals surface area contributed by atoms with Crippen molar-refractivity contribution in [2.45, 2.75) is 13.5 Å². The second kappa shape index (κ2) is 5.09. The van der Waals surface area contributed by atoms with E-state index in [1.165, 1.54) is 11.3 Å². The van der Waals surface area contributed by atoms with Crippen molar-refractivity contribution in [2.75, 3.05) is 5.32 Å². The van der Waals surface area contributed by atoms with Gasteiger partial charge in [-0.3, -0.25) is 10.1 Å². The smallest absolute Gasteiger partial charge is 0.292 e. The summed E-state index contributed by atoms with van der Waals surface area (Å²) in [7, 11) is 0. The van der Waals surface area contributed by atoms with E-state index in [0.29, 0.717) is 6.54 Å². The number of rotatable bonds is 4. The molecule has 0 saturated heterocycles. The van der Waals surface area contributed by atoms with E-state index in [0.717, 1.165) is 28.9 Å². The van der Waals surface area contributed by atoms with Crippen LogP contribution in [0, 0.1) is 22.9 Å². The van der Waals surface area contributed by atoms with Crippen LogP contribution in [0.4, 0.5) is 15.8 Å². The third-order valence-corrected chi connectivity index (χ3v) is 3.22. The first-order valence-corrected chi connectivity index (χ1v) is 6.03. The lowest BCUT2D eigenvalue weighted by Gasteiger charge is -2.05. The average Bonchev–Trinajstić information content (AvgIpc) is 2.72. The first-order chi connectivity index (χ1) is 8.56. The molecule has 1 heterocycles. The van der Waals surface area contributed by atoms with Crippen molar-refractivity contribution in [1.29, 1.82) is 0 Å². The number of nitro benzene ring substituents is 1. The van der Waals surface area contributed by atoms with Crippen molar-refractivity contribution < 1.29 is 9.31 Å². The molecule has 1 aromatic heterocycles. The summed E-state index contributed by atoms with van der Waals surface area (Å²) >= 11 is 1.45. The molecule has 0 amide bonds. The molecule has 7 heteroatoms. The van der Waals surface area contributed by atoms with Crippen LogP contribution >= 0.6 is 11.3 Å². The Balaban J connectivity index is 2.17. The normalized spacial score (nSPS) is 10.3. The van der Waals surface area contributed by atoms with Crippen LogP contribution in [0.25, 0.3) is 0 Å². The van der Waals surface area contributed by atoms with E-state index in [1.807, 2.05) is 12.3 Å². The highest BCUT2D eigenvalue weighted by atomic mass is 32.1. The number of hydrogen-bond acceptors (Lipinski definition) is 5. The van der Waals surface area contributed by atoms with Crippen molar-refractivity contribution in [3.8, 4) is 0 Å².